The van der Waals surface area contributed by atoms with Crippen molar-refractivity contribution in [3.05, 3.63) is 35.9 Å². The number of nitrogens with two attached hydrogens (primary N) is 1. The van der Waals surface area contributed by atoms with Crippen LogP contribution in [0.4, 0.5) is 0 Å². The molecule has 2 fully saturated rings. The van der Waals surface area contributed by atoms with E-state index in [0.29, 0.717) is 11.8 Å². The van der Waals surface area contributed by atoms with Crippen LogP contribution in [0, 0.1) is 11.8 Å². The van der Waals surface area contributed by atoms with Crippen molar-refractivity contribution in [1.29, 1.82) is 0 Å². The molecule has 28 heavy (non-hydrogen) atoms. The summed E-state index contributed by atoms with van der Waals surface area (Å²) in [7, 11) is 2.20. The molecule has 0 bridgehead atoms. The highest BCUT2D eigenvalue weighted by Crippen LogP contribution is 2.34. The Labute approximate surface area is 183 Å². The predicted molar refractivity (Wildman–Crippen MR) is 121 cm³/mol. The quantitative estimate of drug-likeness (QED) is 0.765. The Balaban J connectivity index is 0.00000196. The van der Waals surface area contributed by atoms with Crippen LogP contribution in [0.15, 0.2) is 30.3 Å². The van der Waals surface area contributed by atoms with Crippen LogP contribution in [-0.2, 0) is 11.3 Å². The van der Waals surface area contributed by atoms with Crippen molar-refractivity contribution >= 4 is 30.7 Å². The highest BCUT2D eigenvalue weighted by atomic mass is 35.5. The number of hydrogen-bond acceptors (Lipinski definition) is 3. The van der Waals surface area contributed by atoms with Gasteiger partial charge in [0.1, 0.15) is 0 Å². The van der Waals surface area contributed by atoms with Crippen LogP contribution in [-0.4, -0.2) is 47.9 Å². The number of halogens is 2. The Hall–Kier alpha value is -0.810. The molecule has 2 atom stereocenters. The average molecular weight is 430 g/mol. The van der Waals surface area contributed by atoms with E-state index in [4.69, 9.17) is 5.73 Å². The predicted octanol–water partition coefficient (Wildman–Crippen LogP) is 4.11. The van der Waals surface area contributed by atoms with Gasteiger partial charge in [0.25, 0.3) is 0 Å². The summed E-state index contributed by atoms with van der Waals surface area (Å²) >= 11 is 0. The van der Waals surface area contributed by atoms with Crippen molar-refractivity contribution in [2.75, 3.05) is 26.7 Å². The zero-order valence-electron chi connectivity index (χ0n) is 17.3. The lowest BCUT2D eigenvalue weighted by Crippen LogP contribution is -2.55. The zero-order chi connectivity index (χ0) is 18.6. The molecule has 1 saturated heterocycles. The topological polar surface area (TPSA) is 49.6 Å². The maximum absolute atomic E-state index is 13.0. The summed E-state index contributed by atoms with van der Waals surface area (Å²) in [5, 5.41) is 0. The number of hydrogen-bond donors (Lipinski definition) is 1. The monoisotopic (exact) mass is 429 g/mol. The molecule has 2 N–H and O–H groups in total. The van der Waals surface area contributed by atoms with Gasteiger partial charge < -0.3 is 15.5 Å². The molecule has 0 spiro atoms. The SMILES string of the molecule is CN(Cc1ccccc1)CC1CCN(C(=O)C2CCCCC2(C)N)CC1.Cl.Cl. The molecular formula is C22H37Cl2N3O. The van der Waals surface area contributed by atoms with E-state index in [2.05, 4.69) is 54.1 Å². The molecule has 2 aliphatic rings. The van der Waals surface area contributed by atoms with Crippen molar-refractivity contribution in [3.63, 3.8) is 0 Å². The van der Waals surface area contributed by atoms with E-state index >= 15 is 0 Å². The lowest BCUT2D eigenvalue weighted by molar-refractivity contribution is -0.140. The van der Waals surface area contributed by atoms with Gasteiger partial charge in [-0.05, 0) is 51.1 Å². The van der Waals surface area contributed by atoms with E-state index in [0.717, 1.165) is 64.7 Å². The van der Waals surface area contributed by atoms with Gasteiger partial charge in [0.15, 0.2) is 0 Å². The van der Waals surface area contributed by atoms with Gasteiger partial charge in [-0.3, -0.25) is 4.79 Å². The Morgan fingerprint density at radius 3 is 2.39 bits per heavy atom. The van der Waals surface area contributed by atoms with E-state index in [1.165, 1.54) is 5.56 Å². The van der Waals surface area contributed by atoms with Crippen LogP contribution in [0.1, 0.15) is 51.0 Å². The maximum atomic E-state index is 13.0. The van der Waals surface area contributed by atoms with Crippen LogP contribution in [0.3, 0.4) is 0 Å². The maximum Gasteiger partial charge on any atom is 0.227 e. The highest BCUT2D eigenvalue weighted by molar-refractivity contribution is 5.85. The molecular weight excluding hydrogens is 393 g/mol. The molecule has 0 radical (unpaired) electrons. The minimum atomic E-state index is -0.317. The number of nitrogens with zero attached hydrogens (tertiary/aromatic N) is 2. The third-order valence-electron chi connectivity index (χ3n) is 6.34. The largest absolute Gasteiger partial charge is 0.342 e. The van der Waals surface area contributed by atoms with Crippen molar-refractivity contribution in [2.24, 2.45) is 17.6 Å². The molecule has 4 nitrogen and oxygen atoms in total. The van der Waals surface area contributed by atoms with Gasteiger partial charge in [-0.2, -0.15) is 0 Å². The Morgan fingerprint density at radius 1 is 1.14 bits per heavy atom. The molecule has 1 aromatic rings. The molecule has 1 amide bonds. The highest BCUT2D eigenvalue weighted by Gasteiger charge is 2.40. The first-order valence-electron chi connectivity index (χ1n) is 10.3. The molecule has 2 unspecified atom stereocenters. The van der Waals surface area contributed by atoms with Gasteiger partial charge in [0, 0.05) is 31.7 Å². The third kappa shape index (κ3) is 6.62. The van der Waals surface area contributed by atoms with E-state index in [-0.39, 0.29) is 36.3 Å². The lowest BCUT2D eigenvalue weighted by atomic mass is 9.73. The van der Waals surface area contributed by atoms with Crippen LogP contribution in [0.25, 0.3) is 0 Å². The van der Waals surface area contributed by atoms with Crippen molar-refractivity contribution in [1.82, 2.24) is 9.80 Å². The third-order valence-corrected chi connectivity index (χ3v) is 6.34. The number of amides is 1. The fraction of sp³-hybridized carbons (Fsp3) is 0.682. The second kappa shape index (κ2) is 11.4. The molecule has 1 saturated carbocycles. The molecule has 1 aliphatic carbocycles. The number of rotatable bonds is 5. The Morgan fingerprint density at radius 2 is 1.79 bits per heavy atom. The summed E-state index contributed by atoms with van der Waals surface area (Å²) in [6.07, 6.45) is 6.46. The summed E-state index contributed by atoms with van der Waals surface area (Å²) in [6.45, 7) is 5.97. The lowest BCUT2D eigenvalue weighted by Gasteiger charge is -2.42. The summed E-state index contributed by atoms with van der Waals surface area (Å²) in [4.78, 5) is 17.5. The van der Waals surface area contributed by atoms with Gasteiger partial charge >= 0.3 is 0 Å². The molecule has 160 valence electrons. The first-order valence-corrected chi connectivity index (χ1v) is 10.3. The number of carbonyl (C=O) groups is 1. The van der Waals surface area contributed by atoms with Crippen molar-refractivity contribution in [2.45, 2.75) is 57.5 Å². The summed E-state index contributed by atoms with van der Waals surface area (Å²) < 4.78 is 0. The van der Waals surface area contributed by atoms with Gasteiger partial charge in [-0.25, -0.2) is 0 Å². The Kier molecular flexibility index (Phi) is 10.3. The second-order valence-electron chi connectivity index (χ2n) is 8.76. The fourth-order valence-corrected chi connectivity index (χ4v) is 4.72. The van der Waals surface area contributed by atoms with Crippen molar-refractivity contribution in [3.8, 4) is 0 Å². The van der Waals surface area contributed by atoms with E-state index in [1.807, 2.05) is 0 Å². The van der Waals surface area contributed by atoms with Crippen LogP contribution in [0.2, 0.25) is 0 Å². The molecule has 0 aromatic heterocycles. The minimum absolute atomic E-state index is 0. The standard InChI is InChI=1S/C22H35N3O.2ClH/c1-22(23)13-7-6-10-20(22)21(26)25-14-11-19(12-15-25)17-24(2)16-18-8-4-3-5-9-18;;/h3-5,8-9,19-20H,6-7,10-17,23H2,1-2H3;2*1H. The van der Waals surface area contributed by atoms with Gasteiger partial charge in [0.2, 0.25) is 5.91 Å². The normalized spacial score (nSPS) is 25.7. The Bertz CT molecular complexity index is 589. The molecule has 1 aliphatic heterocycles. The smallest absolute Gasteiger partial charge is 0.227 e. The molecule has 3 rings (SSSR count). The first-order chi connectivity index (χ1) is 12.5. The fourth-order valence-electron chi connectivity index (χ4n) is 4.72. The summed E-state index contributed by atoms with van der Waals surface area (Å²) in [5.41, 5.74) is 7.49. The van der Waals surface area contributed by atoms with E-state index in [9.17, 15) is 4.79 Å². The van der Waals surface area contributed by atoms with Crippen molar-refractivity contribution < 1.29 is 4.79 Å². The number of benzene rings is 1. The van der Waals surface area contributed by atoms with Crippen LogP contribution in [0.5, 0.6) is 0 Å². The second-order valence-corrected chi connectivity index (χ2v) is 8.76. The van der Waals surface area contributed by atoms with Gasteiger partial charge in [0.05, 0.1) is 5.92 Å². The number of carbonyl (C=O) groups excluding carboxylic acids is 1. The molecule has 1 heterocycles. The molecule has 1 aromatic carbocycles. The average Bonchev–Trinajstić information content (AvgIpc) is 2.62. The number of piperidine rings is 1. The van der Waals surface area contributed by atoms with E-state index in [1.54, 1.807) is 0 Å². The first kappa shape index (κ1) is 25.2. The number of likely N-dealkylation sites (tertiary alicyclic amines) is 1. The minimum Gasteiger partial charge on any atom is -0.342 e. The summed E-state index contributed by atoms with van der Waals surface area (Å²) in [6, 6.07) is 10.6. The zero-order valence-corrected chi connectivity index (χ0v) is 18.9. The van der Waals surface area contributed by atoms with Crippen LogP contribution < -0.4 is 5.73 Å². The van der Waals surface area contributed by atoms with Crippen LogP contribution >= 0.6 is 24.8 Å². The van der Waals surface area contributed by atoms with Gasteiger partial charge in [-0.15, -0.1) is 24.8 Å². The summed E-state index contributed by atoms with van der Waals surface area (Å²) in [5.74, 6) is 1.02. The molecule has 6 heteroatoms. The van der Waals surface area contributed by atoms with E-state index < -0.39 is 0 Å². The van der Waals surface area contributed by atoms with Gasteiger partial charge in [-0.1, -0.05) is 43.2 Å².